The third kappa shape index (κ3) is 4.01. The highest BCUT2D eigenvalue weighted by Crippen LogP contribution is 2.44. The Bertz CT molecular complexity index is 1250. The Morgan fingerprint density at radius 2 is 1.80 bits per heavy atom. The predicted octanol–water partition coefficient (Wildman–Crippen LogP) is 7.62. The molecule has 0 radical (unpaired) electrons. The molecule has 5 rings (SSSR count). The van der Waals surface area contributed by atoms with Crippen molar-refractivity contribution >= 4 is 61.2 Å². The van der Waals surface area contributed by atoms with Crippen LogP contribution in [0.25, 0.3) is 11.3 Å². The SMILES string of the molecule is CC(=NNc1nc(-c2ccc(Br)cc2)cs1)c1ccc2c(c1)Nc1ccccc1S2. The van der Waals surface area contributed by atoms with Gasteiger partial charge < -0.3 is 5.32 Å². The van der Waals surface area contributed by atoms with Crippen LogP contribution in [0.3, 0.4) is 0 Å². The van der Waals surface area contributed by atoms with Gasteiger partial charge in [-0.3, -0.25) is 5.43 Å². The molecule has 0 saturated heterocycles. The summed E-state index contributed by atoms with van der Waals surface area (Å²) < 4.78 is 1.06. The van der Waals surface area contributed by atoms with E-state index >= 15 is 0 Å². The molecule has 7 heteroatoms. The Balaban J connectivity index is 1.32. The summed E-state index contributed by atoms with van der Waals surface area (Å²) >= 11 is 6.79. The minimum absolute atomic E-state index is 0.771. The molecular formula is C23H17BrN4S2. The minimum atomic E-state index is 0.771. The van der Waals surface area contributed by atoms with E-state index in [9.17, 15) is 0 Å². The van der Waals surface area contributed by atoms with Crippen molar-refractivity contribution in [2.45, 2.75) is 16.7 Å². The molecule has 148 valence electrons. The fraction of sp³-hybridized carbons (Fsp3) is 0.0435. The summed E-state index contributed by atoms with van der Waals surface area (Å²) in [6, 6.07) is 22.9. The molecule has 4 nitrogen and oxygen atoms in total. The van der Waals surface area contributed by atoms with Crippen LogP contribution in [0.4, 0.5) is 16.5 Å². The van der Waals surface area contributed by atoms with Gasteiger partial charge in [0, 0.05) is 25.2 Å². The van der Waals surface area contributed by atoms with Gasteiger partial charge in [0.1, 0.15) is 0 Å². The number of para-hydroxylation sites is 1. The molecule has 0 spiro atoms. The highest BCUT2D eigenvalue weighted by Gasteiger charge is 2.16. The van der Waals surface area contributed by atoms with Crippen LogP contribution in [-0.2, 0) is 0 Å². The number of nitrogens with one attached hydrogen (secondary N) is 2. The van der Waals surface area contributed by atoms with Crippen LogP contribution in [0.1, 0.15) is 12.5 Å². The lowest BCUT2D eigenvalue weighted by Gasteiger charge is -2.21. The summed E-state index contributed by atoms with van der Waals surface area (Å²) in [6.07, 6.45) is 0. The molecule has 0 saturated carbocycles. The molecule has 30 heavy (non-hydrogen) atoms. The van der Waals surface area contributed by atoms with Crippen molar-refractivity contribution in [3.05, 3.63) is 82.1 Å². The zero-order valence-corrected chi connectivity index (χ0v) is 19.2. The van der Waals surface area contributed by atoms with Crippen LogP contribution < -0.4 is 10.7 Å². The Kier molecular flexibility index (Phi) is 5.33. The number of anilines is 3. The summed E-state index contributed by atoms with van der Waals surface area (Å²) in [5.74, 6) is 0. The summed E-state index contributed by atoms with van der Waals surface area (Å²) in [5.41, 5.74) is 9.35. The maximum atomic E-state index is 4.64. The van der Waals surface area contributed by atoms with E-state index in [0.29, 0.717) is 0 Å². The fourth-order valence-electron chi connectivity index (χ4n) is 3.14. The molecule has 0 amide bonds. The van der Waals surface area contributed by atoms with E-state index in [1.165, 1.54) is 9.79 Å². The van der Waals surface area contributed by atoms with Gasteiger partial charge in [-0.1, -0.05) is 58.0 Å². The lowest BCUT2D eigenvalue weighted by Crippen LogP contribution is -2.04. The highest BCUT2D eigenvalue weighted by molar-refractivity contribution is 9.10. The lowest BCUT2D eigenvalue weighted by molar-refractivity contribution is 1.26. The molecule has 4 aromatic rings. The second kappa shape index (κ2) is 8.26. The standard InChI is InChI=1S/C23H17BrN4S2/c1-14(27-28-23-26-20(13-29-23)15-6-9-17(24)10-7-15)16-8-11-22-19(12-16)25-18-4-2-3-5-21(18)30-22/h2-13,25H,1H3,(H,26,28). The number of nitrogens with zero attached hydrogens (tertiary/aromatic N) is 2. The van der Waals surface area contributed by atoms with Crippen LogP contribution >= 0.6 is 39.0 Å². The molecule has 3 aromatic carbocycles. The lowest BCUT2D eigenvalue weighted by atomic mass is 10.1. The number of halogens is 1. The van der Waals surface area contributed by atoms with Gasteiger partial charge in [-0.25, -0.2) is 4.98 Å². The summed E-state index contributed by atoms with van der Waals surface area (Å²) in [5, 5.41) is 10.9. The van der Waals surface area contributed by atoms with E-state index in [0.717, 1.165) is 43.5 Å². The molecule has 0 bridgehead atoms. The Hall–Kier alpha value is -2.61. The van der Waals surface area contributed by atoms with Gasteiger partial charge in [0.05, 0.1) is 22.8 Å². The third-order valence-corrected chi connectivity index (χ3v) is 7.16. The summed E-state index contributed by atoms with van der Waals surface area (Å²) in [6.45, 7) is 2.00. The van der Waals surface area contributed by atoms with Gasteiger partial charge in [0.25, 0.3) is 0 Å². The first-order valence-electron chi connectivity index (χ1n) is 9.36. The van der Waals surface area contributed by atoms with Crippen LogP contribution in [0, 0.1) is 0 Å². The molecule has 0 fully saturated rings. The van der Waals surface area contributed by atoms with Crippen molar-refractivity contribution < 1.29 is 0 Å². The van der Waals surface area contributed by atoms with Crippen molar-refractivity contribution in [2.24, 2.45) is 5.10 Å². The fourth-order valence-corrected chi connectivity index (χ4v) is 5.03. The van der Waals surface area contributed by atoms with Gasteiger partial charge in [-0.15, -0.1) is 11.3 Å². The van der Waals surface area contributed by atoms with Crippen molar-refractivity contribution in [1.29, 1.82) is 0 Å². The van der Waals surface area contributed by atoms with Gasteiger partial charge >= 0.3 is 0 Å². The van der Waals surface area contributed by atoms with Crippen molar-refractivity contribution in [2.75, 3.05) is 10.7 Å². The maximum absolute atomic E-state index is 4.64. The highest BCUT2D eigenvalue weighted by atomic mass is 79.9. The van der Waals surface area contributed by atoms with E-state index in [1.54, 1.807) is 23.1 Å². The topological polar surface area (TPSA) is 49.3 Å². The van der Waals surface area contributed by atoms with Gasteiger partial charge in [0.2, 0.25) is 5.13 Å². The summed E-state index contributed by atoms with van der Waals surface area (Å²) in [7, 11) is 0. The first kappa shape index (κ1) is 19.4. The average molecular weight is 493 g/mol. The van der Waals surface area contributed by atoms with Crippen molar-refractivity contribution in [3.8, 4) is 11.3 Å². The number of hydrazone groups is 1. The van der Waals surface area contributed by atoms with E-state index in [-0.39, 0.29) is 0 Å². The predicted molar refractivity (Wildman–Crippen MR) is 131 cm³/mol. The molecule has 0 aliphatic carbocycles. The van der Waals surface area contributed by atoms with E-state index < -0.39 is 0 Å². The molecule has 1 aliphatic rings. The van der Waals surface area contributed by atoms with Crippen molar-refractivity contribution in [3.63, 3.8) is 0 Å². The Morgan fingerprint density at radius 1 is 1.00 bits per heavy atom. The number of thiazole rings is 1. The van der Waals surface area contributed by atoms with E-state index in [1.807, 2.05) is 36.6 Å². The number of hydrogen-bond donors (Lipinski definition) is 2. The van der Waals surface area contributed by atoms with Gasteiger partial charge in [-0.2, -0.15) is 5.10 Å². The molecule has 1 aliphatic heterocycles. The number of rotatable bonds is 4. The third-order valence-electron chi connectivity index (χ3n) is 4.74. The zero-order chi connectivity index (χ0) is 20.5. The second-order valence-electron chi connectivity index (χ2n) is 6.79. The Morgan fingerprint density at radius 3 is 2.67 bits per heavy atom. The Labute approximate surface area is 191 Å². The van der Waals surface area contributed by atoms with Crippen LogP contribution in [-0.4, -0.2) is 10.7 Å². The smallest absolute Gasteiger partial charge is 0.203 e. The summed E-state index contributed by atoms with van der Waals surface area (Å²) in [4.78, 5) is 7.11. The number of aromatic nitrogens is 1. The quantitative estimate of drug-likeness (QED) is 0.200. The molecule has 0 atom stereocenters. The van der Waals surface area contributed by atoms with E-state index in [2.05, 4.69) is 79.2 Å². The first-order valence-corrected chi connectivity index (χ1v) is 11.8. The van der Waals surface area contributed by atoms with Crippen molar-refractivity contribution in [1.82, 2.24) is 4.98 Å². The monoisotopic (exact) mass is 492 g/mol. The minimum Gasteiger partial charge on any atom is -0.354 e. The molecule has 1 aromatic heterocycles. The van der Waals surface area contributed by atoms with Crippen LogP contribution in [0.2, 0.25) is 0 Å². The molecule has 0 unspecified atom stereocenters. The normalized spacial score (nSPS) is 12.7. The van der Waals surface area contributed by atoms with Gasteiger partial charge in [-0.05, 0) is 48.9 Å². The number of benzene rings is 3. The number of hydrogen-bond acceptors (Lipinski definition) is 6. The van der Waals surface area contributed by atoms with Gasteiger partial charge in [0.15, 0.2) is 0 Å². The number of fused-ring (bicyclic) bond motifs is 2. The maximum Gasteiger partial charge on any atom is 0.203 e. The van der Waals surface area contributed by atoms with E-state index in [4.69, 9.17) is 0 Å². The molecule has 2 heterocycles. The second-order valence-corrected chi connectivity index (χ2v) is 9.65. The van der Waals surface area contributed by atoms with Crippen LogP contribution in [0.15, 0.2) is 91.5 Å². The van der Waals surface area contributed by atoms with Crippen LogP contribution in [0.5, 0.6) is 0 Å². The molecule has 2 N–H and O–H groups in total. The largest absolute Gasteiger partial charge is 0.354 e. The first-order chi connectivity index (χ1) is 14.7. The zero-order valence-electron chi connectivity index (χ0n) is 16.0. The molecular weight excluding hydrogens is 476 g/mol. The average Bonchev–Trinajstić information content (AvgIpc) is 3.25.